The molecule has 1 aromatic carbocycles. The van der Waals surface area contributed by atoms with Crippen LogP contribution < -0.4 is 10.2 Å². The Morgan fingerprint density at radius 3 is 2.56 bits per heavy atom. The van der Waals surface area contributed by atoms with Crippen molar-refractivity contribution in [3.8, 4) is 0 Å². The number of oxime groups is 1. The molecular weight excluding hydrogens is 564 g/mol. The number of ether oxygens (including phenoxy) is 1. The van der Waals surface area contributed by atoms with E-state index in [0.717, 1.165) is 43.4 Å². The molecule has 1 N–H and O–H groups in total. The van der Waals surface area contributed by atoms with Gasteiger partial charge in [-0.3, -0.25) is 15.0 Å². The molecule has 1 aliphatic carbocycles. The highest BCUT2D eigenvalue weighted by Crippen LogP contribution is 2.33. The summed E-state index contributed by atoms with van der Waals surface area (Å²) in [4.78, 5) is 33.8. The van der Waals surface area contributed by atoms with Crippen LogP contribution in [0.4, 0.5) is 10.9 Å². The van der Waals surface area contributed by atoms with Crippen LogP contribution in [0.2, 0.25) is 0 Å². The number of nitrogens with zero attached hydrogens (tertiary/aromatic N) is 5. The van der Waals surface area contributed by atoms with Crippen LogP contribution in [-0.4, -0.2) is 85.7 Å². The summed E-state index contributed by atoms with van der Waals surface area (Å²) in [7, 11) is -3.34. The average molecular weight is 597 g/mol. The number of hydrogen-bond acceptors (Lipinski definition) is 11. The molecule has 1 saturated carbocycles. The highest BCUT2D eigenvalue weighted by molar-refractivity contribution is 7.92. The lowest BCUT2D eigenvalue weighted by atomic mass is 10.1. The van der Waals surface area contributed by atoms with Crippen LogP contribution in [0.1, 0.15) is 29.7 Å². The summed E-state index contributed by atoms with van der Waals surface area (Å²) in [6.07, 6.45) is 5.42. The number of piperazine rings is 1. The number of aromatic nitrogens is 2. The molecule has 4 heterocycles. The first-order valence-electron chi connectivity index (χ1n) is 13.8. The summed E-state index contributed by atoms with van der Waals surface area (Å²) in [6, 6.07) is 12.2. The van der Waals surface area contributed by atoms with Crippen molar-refractivity contribution < 1.29 is 22.8 Å². The molecule has 3 aromatic rings. The molecule has 3 fully saturated rings. The van der Waals surface area contributed by atoms with Crippen molar-refractivity contribution >= 4 is 43.7 Å². The number of carbonyl (C=O) groups is 1. The predicted molar refractivity (Wildman–Crippen MR) is 156 cm³/mol. The number of rotatable bonds is 10. The topological polar surface area (TPSA) is 126 Å². The van der Waals surface area contributed by atoms with Gasteiger partial charge < -0.3 is 14.5 Å². The first kappa shape index (κ1) is 27.8. The molecule has 0 bridgehead atoms. The normalized spacial score (nSPS) is 20.2. The summed E-state index contributed by atoms with van der Waals surface area (Å²) in [5.41, 5.74) is 0.508. The molecule has 1 atom stereocenters. The fraction of sp³-hybridized carbons (Fsp3) is 0.429. The number of hydrogen-bond donors (Lipinski definition) is 1. The average Bonchev–Trinajstić information content (AvgIpc) is 3.58. The van der Waals surface area contributed by atoms with Crippen molar-refractivity contribution in [2.45, 2.75) is 42.1 Å². The smallest absolute Gasteiger partial charge is 0.280 e. The van der Waals surface area contributed by atoms with Gasteiger partial charge in [-0.2, -0.15) is 0 Å². The van der Waals surface area contributed by atoms with E-state index in [1.807, 2.05) is 24.4 Å². The summed E-state index contributed by atoms with van der Waals surface area (Å²) in [6.45, 7) is 5.33. The number of anilines is 2. The lowest BCUT2D eigenvalue weighted by Gasteiger charge is -2.35. The molecule has 2 saturated heterocycles. The number of carbonyl (C=O) groups excluding carboxylic acids is 1. The Bertz CT molecular complexity index is 1480. The standard InChI is InChI=1S/C28H32N6O5S2/c35-27(31-28-30-17-22(40-28)18-33-12-14-34(15-13-33)25-3-1-2-11-29-25)26(32-39-21-10-16-38-19-21)20-4-6-23(7-5-20)41(36,37)24-8-9-24/h1-7,11,17,21,24H,8-10,12-16,18-19H2,(H,30,31,35)/t21-/m1/s1. The van der Waals surface area contributed by atoms with Crippen LogP contribution in [0.5, 0.6) is 0 Å². The van der Waals surface area contributed by atoms with Crippen LogP contribution in [0.15, 0.2) is 64.9 Å². The minimum Gasteiger partial charge on any atom is -0.389 e. The van der Waals surface area contributed by atoms with E-state index in [0.29, 0.717) is 43.2 Å². The van der Waals surface area contributed by atoms with Gasteiger partial charge in [0.15, 0.2) is 26.8 Å². The highest BCUT2D eigenvalue weighted by atomic mass is 32.2. The summed E-state index contributed by atoms with van der Waals surface area (Å²) < 4.78 is 30.6. The number of thiazole rings is 1. The molecule has 1 amide bonds. The van der Waals surface area contributed by atoms with Gasteiger partial charge in [0.2, 0.25) is 0 Å². The van der Waals surface area contributed by atoms with Gasteiger partial charge in [0, 0.05) is 62.0 Å². The van der Waals surface area contributed by atoms with E-state index in [-0.39, 0.29) is 22.0 Å². The Hall–Kier alpha value is -3.39. The second-order valence-corrected chi connectivity index (χ2v) is 13.7. The maximum atomic E-state index is 13.4. The zero-order valence-corrected chi connectivity index (χ0v) is 24.1. The van der Waals surface area contributed by atoms with Crippen LogP contribution in [0.3, 0.4) is 0 Å². The van der Waals surface area contributed by atoms with E-state index in [1.54, 1.807) is 18.3 Å². The molecule has 13 heteroatoms. The Morgan fingerprint density at radius 1 is 1.07 bits per heavy atom. The monoisotopic (exact) mass is 596 g/mol. The van der Waals surface area contributed by atoms with Crippen molar-refractivity contribution in [3.63, 3.8) is 0 Å². The molecule has 2 aromatic heterocycles. The lowest BCUT2D eigenvalue weighted by Crippen LogP contribution is -2.46. The van der Waals surface area contributed by atoms with Crippen molar-refractivity contribution in [3.05, 3.63) is 65.3 Å². The molecule has 216 valence electrons. The number of sulfone groups is 1. The Morgan fingerprint density at radius 2 is 1.88 bits per heavy atom. The van der Waals surface area contributed by atoms with Gasteiger partial charge in [-0.25, -0.2) is 18.4 Å². The van der Waals surface area contributed by atoms with Crippen molar-refractivity contribution in [2.75, 3.05) is 49.6 Å². The Kier molecular flexibility index (Phi) is 8.28. The fourth-order valence-corrected chi connectivity index (χ4v) is 7.32. The fourth-order valence-electron chi connectivity index (χ4n) is 4.81. The zero-order chi connectivity index (χ0) is 28.2. The van der Waals surface area contributed by atoms with E-state index in [2.05, 4.69) is 30.2 Å². The summed E-state index contributed by atoms with van der Waals surface area (Å²) in [5, 5.41) is 7.18. The highest BCUT2D eigenvalue weighted by Gasteiger charge is 2.37. The van der Waals surface area contributed by atoms with Gasteiger partial charge in [-0.15, -0.1) is 11.3 Å². The maximum Gasteiger partial charge on any atom is 0.280 e. The third-order valence-corrected chi connectivity index (χ3v) is 10.5. The van der Waals surface area contributed by atoms with Crippen molar-refractivity contribution in [2.24, 2.45) is 5.16 Å². The largest absolute Gasteiger partial charge is 0.389 e. The van der Waals surface area contributed by atoms with Crippen LogP contribution in [-0.2, 0) is 30.8 Å². The van der Waals surface area contributed by atoms with Crippen LogP contribution >= 0.6 is 11.3 Å². The van der Waals surface area contributed by atoms with Crippen LogP contribution in [0.25, 0.3) is 0 Å². The van der Waals surface area contributed by atoms with Crippen molar-refractivity contribution in [1.82, 2.24) is 14.9 Å². The quantitative estimate of drug-likeness (QED) is 0.278. The Balaban J connectivity index is 1.10. The van der Waals surface area contributed by atoms with E-state index in [4.69, 9.17) is 9.57 Å². The lowest BCUT2D eigenvalue weighted by molar-refractivity contribution is -0.110. The number of pyridine rings is 1. The summed E-state index contributed by atoms with van der Waals surface area (Å²) >= 11 is 1.42. The maximum absolute atomic E-state index is 13.4. The molecular formula is C28H32N6O5S2. The van der Waals surface area contributed by atoms with Gasteiger partial charge in [0.25, 0.3) is 5.91 Å². The van der Waals surface area contributed by atoms with E-state index >= 15 is 0 Å². The minimum absolute atomic E-state index is 0.0506. The molecule has 11 nitrogen and oxygen atoms in total. The third kappa shape index (κ3) is 6.75. The molecule has 0 spiro atoms. The number of benzene rings is 1. The second kappa shape index (κ2) is 12.2. The first-order chi connectivity index (χ1) is 20.0. The molecule has 2 aliphatic heterocycles. The number of amides is 1. The molecule has 41 heavy (non-hydrogen) atoms. The van der Waals surface area contributed by atoms with Gasteiger partial charge in [0.05, 0.1) is 23.4 Å². The molecule has 0 radical (unpaired) electrons. The zero-order valence-electron chi connectivity index (χ0n) is 22.5. The van der Waals surface area contributed by atoms with Gasteiger partial charge in [0.1, 0.15) is 5.82 Å². The van der Waals surface area contributed by atoms with Gasteiger partial charge in [-0.05, 0) is 37.1 Å². The first-order valence-corrected chi connectivity index (χ1v) is 16.1. The van der Waals surface area contributed by atoms with Crippen molar-refractivity contribution in [1.29, 1.82) is 0 Å². The van der Waals surface area contributed by atoms with Gasteiger partial charge >= 0.3 is 0 Å². The summed E-state index contributed by atoms with van der Waals surface area (Å²) in [5.74, 6) is 0.516. The Labute approximate surface area is 243 Å². The van der Waals surface area contributed by atoms with E-state index in [9.17, 15) is 13.2 Å². The molecule has 3 aliphatic rings. The van der Waals surface area contributed by atoms with Gasteiger partial charge in [-0.1, -0.05) is 23.4 Å². The number of nitrogens with one attached hydrogen (secondary N) is 1. The third-order valence-electron chi connectivity index (χ3n) is 7.31. The second-order valence-electron chi connectivity index (χ2n) is 10.3. The van der Waals surface area contributed by atoms with E-state index < -0.39 is 15.7 Å². The predicted octanol–water partition coefficient (Wildman–Crippen LogP) is 2.94. The van der Waals surface area contributed by atoms with Crippen LogP contribution in [0, 0.1) is 0 Å². The molecule has 0 unspecified atom stereocenters. The minimum atomic E-state index is -3.34. The SMILES string of the molecule is O=C(Nc1ncc(CN2CCN(c3ccccn3)CC2)s1)C(=NO[C@@H]1CCOC1)c1ccc(S(=O)(=O)C2CC2)cc1. The van der Waals surface area contributed by atoms with E-state index in [1.165, 1.54) is 23.5 Å². The molecule has 6 rings (SSSR count).